The molecule has 0 aliphatic carbocycles. The fourth-order valence-corrected chi connectivity index (χ4v) is 2.92. The zero-order valence-corrected chi connectivity index (χ0v) is 13.3. The third-order valence-corrected chi connectivity index (χ3v) is 3.89. The summed E-state index contributed by atoms with van der Waals surface area (Å²) in [7, 11) is 0. The molecule has 118 valence electrons. The Kier molecular flexibility index (Phi) is 5.51. The lowest BCUT2D eigenvalue weighted by Crippen LogP contribution is -2.49. The minimum atomic E-state index is -4.34. The normalized spacial score (nSPS) is 18.5. The molecule has 0 aromatic heterocycles. The first kappa shape index (κ1) is 16.6. The van der Waals surface area contributed by atoms with Gasteiger partial charge in [0.2, 0.25) is 0 Å². The van der Waals surface area contributed by atoms with E-state index in [0.717, 1.165) is 0 Å². The first-order valence-corrected chi connectivity index (χ1v) is 7.66. The van der Waals surface area contributed by atoms with E-state index in [1.807, 2.05) is 0 Å². The van der Waals surface area contributed by atoms with E-state index in [1.165, 1.54) is 11.0 Å². The predicted octanol–water partition coefficient (Wildman–Crippen LogP) is 3.36. The summed E-state index contributed by atoms with van der Waals surface area (Å²) in [5, 5.41) is 3.07. The maximum absolute atomic E-state index is 13.6. The molecule has 1 aromatic rings. The maximum Gasteiger partial charge on any atom is 0.408 e. The van der Waals surface area contributed by atoms with Crippen molar-refractivity contribution in [3.63, 3.8) is 0 Å². The van der Waals surface area contributed by atoms with Gasteiger partial charge in [-0.3, -0.25) is 4.90 Å². The molecule has 0 amide bonds. The molecular weight excluding hydrogens is 349 g/mol. The van der Waals surface area contributed by atoms with Crippen LogP contribution in [0.2, 0.25) is 0 Å². The summed E-state index contributed by atoms with van der Waals surface area (Å²) in [5.74, 6) is 0.293. The lowest BCUT2D eigenvalue weighted by Gasteiger charge is -2.36. The van der Waals surface area contributed by atoms with Crippen LogP contribution in [0.25, 0.3) is 0 Å². The van der Waals surface area contributed by atoms with Gasteiger partial charge in [0, 0.05) is 36.2 Å². The highest BCUT2D eigenvalue weighted by Gasteiger charge is 2.46. The van der Waals surface area contributed by atoms with Gasteiger partial charge >= 0.3 is 6.18 Å². The fourth-order valence-electron chi connectivity index (χ4n) is 2.54. The van der Waals surface area contributed by atoms with Crippen LogP contribution in [-0.4, -0.2) is 43.9 Å². The van der Waals surface area contributed by atoms with Crippen molar-refractivity contribution in [2.24, 2.45) is 0 Å². The van der Waals surface area contributed by atoms with Crippen LogP contribution in [0.3, 0.4) is 0 Å². The summed E-state index contributed by atoms with van der Waals surface area (Å²) >= 11 is 3.25. The largest absolute Gasteiger partial charge is 0.494 e. The second kappa shape index (κ2) is 6.98. The first-order valence-electron chi connectivity index (χ1n) is 6.87. The van der Waals surface area contributed by atoms with Gasteiger partial charge < -0.3 is 10.1 Å². The summed E-state index contributed by atoms with van der Waals surface area (Å²) < 4.78 is 46.8. The third-order valence-electron chi connectivity index (χ3n) is 3.39. The fraction of sp³-hybridized carbons (Fsp3) is 0.571. The summed E-state index contributed by atoms with van der Waals surface area (Å²) in [5.41, 5.74) is 0.167. The second-order valence-corrected chi connectivity index (χ2v) is 5.76. The molecule has 1 fully saturated rings. The Labute approximate surface area is 130 Å². The van der Waals surface area contributed by atoms with Gasteiger partial charge in [-0.15, -0.1) is 0 Å². The second-order valence-electron chi connectivity index (χ2n) is 4.85. The van der Waals surface area contributed by atoms with Gasteiger partial charge in [0.15, 0.2) is 0 Å². The molecule has 2 rings (SSSR count). The average Bonchev–Trinajstić information content (AvgIpc) is 2.42. The van der Waals surface area contributed by atoms with E-state index in [1.54, 1.807) is 19.1 Å². The molecule has 21 heavy (non-hydrogen) atoms. The van der Waals surface area contributed by atoms with Crippen molar-refractivity contribution in [1.82, 2.24) is 10.2 Å². The molecule has 1 N–H and O–H groups in total. The standard InChI is InChI=1S/C14H18BrF3N2O/c1-2-21-12-4-3-10(15)9-11(12)13(14(16,17)18)20-7-5-19-6-8-20/h3-4,9,13,19H,2,5-8H2,1H3/t13-/m0/s1. The highest BCUT2D eigenvalue weighted by atomic mass is 79.9. The topological polar surface area (TPSA) is 24.5 Å². The van der Waals surface area contributed by atoms with Gasteiger partial charge in [0.05, 0.1) is 6.61 Å². The zero-order valence-electron chi connectivity index (χ0n) is 11.7. The van der Waals surface area contributed by atoms with Gasteiger partial charge in [-0.05, 0) is 25.1 Å². The van der Waals surface area contributed by atoms with Crippen LogP contribution in [0, 0.1) is 0 Å². The van der Waals surface area contributed by atoms with Crippen LogP contribution in [-0.2, 0) is 0 Å². The molecule has 1 saturated heterocycles. The molecule has 1 aliphatic heterocycles. The van der Waals surface area contributed by atoms with Crippen LogP contribution in [0.15, 0.2) is 22.7 Å². The van der Waals surface area contributed by atoms with E-state index < -0.39 is 12.2 Å². The van der Waals surface area contributed by atoms with Crippen molar-refractivity contribution >= 4 is 15.9 Å². The summed E-state index contributed by atoms with van der Waals surface area (Å²) in [6.07, 6.45) is -4.34. The van der Waals surface area contributed by atoms with E-state index in [0.29, 0.717) is 43.0 Å². The number of halogens is 4. The molecule has 1 atom stereocenters. The zero-order chi connectivity index (χ0) is 15.5. The highest BCUT2D eigenvalue weighted by Crippen LogP contribution is 2.42. The minimum Gasteiger partial charge on any atom is -0.494 e. The summed E-state index contributed by atoms with van der Waals surface area (Å²) in [6, 6.07) is 3.15. The molecule has 7 heteroatoms. The Hall–Kier alpha value is -0.790. The third kappa shape index (κ3) is 4.11. The quantitative estimate of drug-likeness (QED) is 0.884. The van der Waals surface area contributed by atoms with Crippen molar-refractivity contribution < 1.29 is 17.9 Å². The molecular formula is C14H18BrF3N2O. The molecule has 1 aliphatic rings. The Bertz CT molecular complexity index is 476. The number of nitrogens with zero attached hydrogens (tertiary/aromatic N) is 1. The first-order chi connectivity index (χ1) is 9.93. The van der Waals surface area contributed by atoms with Crippen LogP contribution in [0.5, 0.6) is 5.75 Å². The van der Waals surface area contributed by atoms with Crippen molar-refractivity contribution in [3.05, 3.63) is 28.2 Å². The van der Waals surface area contributed by atoms with Crippen LogP contribution in [0.1, 0.15) is 18.5 Å². The minimum absolute atomic E-state index is 0.167. The SMILES string of the molecule is CCOc1ccc(Br)cc1[C@H](N1CCNCC1)C(F)(F)F. The summed E-state index contributed by atoms with van der Waals surface area (Å²) in [4.78, 5) is 1.46. The number of alkyl halides is 3. The Morgan fingerprint density at radius 3 is 2.57 bits per heavy atom. The molecule has 1 aromatic carbocycles. The van der Waals surface area contributed by atoms with E-state index in [4.69, 9.17) is 4.74 Å². The highest BCUT2D eigenvalue weighted by molar-refractivity contribution is 9.10. The number of piperazine rings is 1. The number of benzene rings is 1. The van der Waals surface area contributed by atoms with E-state index in [9.17, 15) is 13.2 Å². The lowest BCUT2D eigenvalue weighted by molar-refractivity contribution is -0.188. The van der Waals surface area contributed by atoms with E-state index in [2.05, 4.69) is 21.2 Å². The van der Waals surface area contributed by atoms with Crippen molar-refractivity contribution in [1.29, 1.82) is 0 Å². The Balaban J connectivity index is 2.42. The molecule has 0 saturated carbocycles. The number of rotatable bonds is 4. The number of hydrogen-bond acceptors (Lipinski definition) is 3. The number of hydrogen-bond donors (Lipinski definition) is 1. The van der Waals surface area contributed by atoms with Gasteiger partial charge in [0.1, 0.15) is 11.8 Å². The lowest BCUT2D eigenvalue weighted by atomic mass is 10.0. The smallest absolute Gasteiger partial charge is 0.408 e. The Morgan fingerprint density at radius 1 is 1.33 bits per heavy atom. The van der Waals surface area contributed by atoms with E-state index in [-0.39, 0.29) is 5.56 Å². The molecule has 0 unspecified atom stereocenters. The summed E-state index contributed by atoms with van der Waals surface area (Å²) in [6.45, 7) is 3.94. The van der Waals surface area contributed by atoms with Gasteiger partial charge in [-0.2, -0.15) is 13.2 Å². The van der Waals surface area contributed by atoms with Crippen LogP contribution in [0.4, 0.5) is 13.2 Å². The van der Waals surface area contributed by atoms with E-state index >= 15 is 0 Å². The Morgan fingerprint density at radius 2 is 2.00 bits per heavy atom. The van der Waals surface area contributed by atoms with Gasteiger partial charge in [0.25, 0.3) is 0 Å². The molecule has 0 bridgehead atoms. The van der Waals surface area contributed by atoms with Gasteiger partial charge in [-0.25, -0.2) is 0 Å². The van der Waals surface area contributed by atoms with Crippen molar-refractivity contribution in [2.45, 2.75) is 19.1 Å². The van der Waals surface area contributed by atoms with Crippen molar-refractivity contribution in [3.8, 4) is 5.75 Å². The molecule has 3 nitrogen and oxygen atoms in total. The monoisotopic (exact) mass is 366 g/mol. The van der Waals surface area contributed by atoms with Crippen LogP contribution < -0.4 is 10.1 Å². The maximum atomic E-state index is 13.6. The van der Waals surface area contributed by atoms with Crippen LogP contribution >= 0.6 is 15.9 Å². The predicted molar refractivity (Wildman–Crippen MR) is 78.5 cm³/mol. The number of nitrogens with one attached hydrogen (secondary N) is 1. The number of ether oxygens (including phenoxy) is 1. The van der Waals surface area contributed by atoms with Crippen molar-refractivity contribution in [2.75, 3.05) is 32.8 Å². The molecule has 0 radical (unpaired) electrons. The average molecular weight is 367 g/mol. The molecule has 1 heterocycles. The van der Waals surface area contributed by atoms with Gasteiger partial charge in [-0.1, -0.05) is 15.9 Å². The molecule has 0 spiro atoms.